The molecule has 1 fully saturated rings. The number of alkyl halides is 3. The van der Waals surface area contributed by atoms with Crippen LogP contribution < -0.4 is 5.48 Å². The van der Waals surface area contributed by atoms with Gasteiger partial charge in [0.1, 0.15) is 11.9 Å². The van der Waals surface area contributed by atoms with Crippen molar-refractivity contribution in [1.82, 2.24) is 15.4 Å². The first-order chi connectivity index (χ1) is 15.2. The van der Waals surface area contributed by atoms with Gasteiger partial charge in [0, 0.05) is 36.4 Å². The predicted octanol–water partition coefficient (Wildman–Crippen LogP) is 5.19. The summed E-state index contributed by atoms with van der Waals surface area (Å²) in [7, 11) is 0. The van der Waals surface area contributed by atoms with Gasteiger partial charge in [-0.15, -0.1) is 11.3 Å². The molecule has 1 saturated heterocycles. The maximum Gasteiger partial charge on any atom is 0.392 e. The van der Waals surface area contributed by atoms with Crippen LogP contribution in [0.2, 0.25) is 0 Å². The zero-order valence-electron chi connectivity index (χ0n) is 17.4. The molecule has 2 aliphatic rings. The van der Waals surface area contributed by atoms with Crippen molar-refractivity contribution in [3.63, 3.8) is 0 Å². The van der Waals surface area contributed by atoms with Crippen LogP contribution in [0.4, 0.5) is 17.6 Å². The van der Waals surface area contributed by atoms with E-state index in [4.69, 9.17) is 4.84 Å². The number of hydrogen-bond acceptors (Lipinski definition) is 5. The number of piperidine rings is 1. The molecule has 1 aromatic carbocycles. The van der Waals surface area contributed by atoms with Gasteiger partial charge in [0.2, 0.25) is 5.91 Å². The molecule has 0 saturated carbocycles. The zero-order valence-corrected chi connectivity index (χ0v) is 18.2. The summed E-state index contributed by atoms with van der Waals surface area (Å²) >= 11 is 1.49. The number of benzene rings is 1. The topological polar surface area (TPSA) is 54.5 Å². The quantitative estimate of drug-likeness (QED) is 0.612. The Labute approximate surface area is 187 Å². The van der Waals surface area contributed by atoms with Crippen LogP contribution in [-0.4, -0.2) is 35.1 Å². The Morgan fingerprint density at radius 2 is 2.03 bits per heavy atom. The number of hydroxylamine groups is 1. The SMILES string of the molecule is CC(CC(=O)N1CCC(c2nc(C3=CC(c4ccccc4F)ON3)cs2)CC1)C(F)(F)F. The highest BCUT2D eigenvalue weighted by Crippen LogP contribution is 2.35. The maximum absolute atomic E-state index is 14.0. The van der Waals surface area contributed by atoms with Crippen molar-refractivity contribution in [3.05, 3.63) is 57.8 Å². The van der Waals surface area contributed by atoms with E-state index in [9.17, 15) is 22.4 Å². The van der Waals surface area contributed by atoms with Gasteiger partial charge in [-0.25, -0.2) is 9.37 Å². The number of nitrogens with zero attached hydrogens (tertiary/aromatic N) is 2. The molecule has 1 N–H and O–H groups in total. The second-order valence-electron chi connectivity index (χ2n) is 8.12. The number of nitrogens with one attached hydrogen (secondary N) is 1. The number of amides is 1. The van der Waals surface area contributed by atoms with Crippen LogP contribution in [0, 0.1) is 11.7 Å². The highest BCUT2D eigenvalue weighted by atomic mass is 32.1. The molecule has 3 heterocycles. The lowest BCUT2D eigenvalue weighted by molar-refractivity contribution is -0.176. The third kappa shape index (κ3) is 4.96. The van der Waals surface area contributed by atoms with E-state index >= 15 is 0 Å². The van der Waals surface area contributed by atoms with Gasteiger partial charge in [0.15, 0.2) is 0 Å². The first kappa shape index (κ1) is 22.7. The van der Waals surface area contributed by atoms with Crippen LogP contribution >= 0.6 is 11.3 Å². The normalized spacial score (nSPS) is 20.7. The number of likely N-dealkylation sites (tertiary alicyclic amines) is 1. The van der Waals surface area contributed by atoms with Crippen LogP contribution in [0.15, 0.2) is 35.7 Å². The Hall–Kier alpha value is -2.46. The lowest BCUT2D eigenvalue weighted by atomic mass is 9.96. The molecule has 0 aliphatic carbocycles. The zero-order chi connectivity index (χ0) is 22.9. The summed E-state index contributed by atoms with van der Waals surface area (Å²) in [5.74, 6) is -2.30. The molecule has 172 valence electrons. The minimum atomic E-state index is -4.36. The van der Waals surface area contributed by atoms with Crippen LogP contribution in [-0.2, 0) is 9.63 Å². The van der Waals surface area contributed by atoms with Gasteiger partial charge < -0.3 is 4.90 Å². The average molecular weight is 470 g/mol. The van der Waals surface area contributed by atoms with Gasteiger partial charge in [-0.2, -0.15) is 13.2 Å². The third-order valence-electron chi connectivity index (χ3n) is 5.86. The van der Waals surface area contributed by atoms with E-state index in [1.54, 1.807) is 24.3 Å². The molecule has 2 aromatic rings. The number of aromatic nitrogens is 1. The maximum atomic E-state index is 14.0. The average Bonchev–Trinajstić information content (AvgIpc) is 3.43. The number of thiazole rings is 1. The summed E-state index contributed by atoms with van der Waals surface area (Å²) in [6, 6.07) is 6.41. The predicted molar refractivity (Wildman–Crippen MR) is 112 cm³/mol. The fraction of sp³-hybridized carbons (Fsp3) is 0.455. The first-order valence-electron chi connectivity index (χ1n) is 10.4. The van der Waals surface area contributed by atoms with Crippen LogP contribution in [0.3, 0.4) is 0 Å². The van der Waals surface area contributed by atoms with Crippen LogP contribution in [0.5, 0.6) is 0 Å². The molecule has 4 rings (SSSR count). The second-order valence-corrected chi connectivity index (χ2v) is 9.00. The molecule has 5 nitrogen and oxygen atoms in total. The van der Waals surface area contributed by atoms with E-state index in [1.165, 1.54) is 22.3 Å². The first-order valence-corrected chi connectivity index (χ1v) is 11.3. The smallest absolute Gasteiger partial charge is 0.343 e. The van der Waals surface area contributed by atoms with E-state index < -0.39 is 30.5 Å². The van der Waals surface area contributed by atoms with E-state index in [0.717, 1.165) is 11.9 Å². The molecule has 1 aromatic heterocycles. The Morgan fingerprint density at radius 3 is 2.72 bits per heavy atom. The standard InChI is InChI=1S/C22H23F4N3O2S/c1-13(22(24,25)26)10-20(30)29-8-6-14(7-9-29)21-27-18(12-32-21)17-11-19(31-28-17)15-4-2-3-5-16(15)23/h2-5,11-14,19,28H,6-10H2,1H3. The highest BCUT2D eigenvalue weighted by Gasteiger charge is 2.38. The van der Waals surface area contributed by atoms with Gasteiger partial charge in [-0.05, 0) is 25.0 Å². The Balaban J connectivity index is 1.35. The fourth-order valence-corrected chi connectivity index (χ4v) is 4.82. The summed E-state index contributed by atoms with van der Waals surface area (Å²) in [6.07, 6.45) is -2.34. The molecule has 10 heteroatoms. The highest BCUT2D eigenvalue weighted by molar-refractivity contribution is 7.09. The van der Waals surface area contributed by atoms with Gasteiger partial charge in [-0.1, -0.05) is 25.1 Å². The van der Waals surface area contributed by atoms with Crippen molar-refractivity contribution < 1.29 is 27.2 Å². The van der Waals surface area contributed by atoms with Crippen molar-refractivity contribution in [3.8, 4) is 0 Å². The number of halogens is 4. The minimum absolute atomic E-state index is 0.142. The second kappa shape index (κ2) is 9.19. The van der Waals surface area contributed by atoms with Crippen molar-refractivity contribution in [2.45, 2.75) is 44.4 Å². The molecule has 0 spiro atoms. The molecule has 2 atom stereocenters. The van der Waals surface area contributed by atoms with Crippen molar-refractivity contribution in [2.75, 3.05) is 13.1 Å². The Bertz CT molecular complexity index is 999. The molecule has 2 aliphatic heterocycles. The van der Waals surface area contributed by atoms with Gasteiger partial charge in [0.25, 0.3) is 0 Å². The molecule has 2 unspecified atom stereocenters. The largest absolute Gasteiger partial charge is 0.392 e. The Kier molecular flexibility index (Phi) is 6.52. The Morgan fingerprint density at radius 1 is 1.31 bits per heavy atom. The van der Waals surface area contributed by atoms with Gasteiger partial charge in [-0.3, -0.25) is 15.1 Å². The molecule has 0 radical (unpaired) electrons. The van der Waals surface area contributed by atoms with E-state index in [0.29, 0.717) is 42.9 Å². The van der Waals surface area contributed by atoms with Gasteiger partial charge in [0.05, 0.1) is 22.3 Å². The van der Waals surface area contributed by atoms with E-state index in [-0.39, 0.29) is 11.7 Å². The van der Waals surface area contributed by atoms with Crippen LogP contribution in [0.25, 0.3) is 5.70 Å². The lowest BCUT2D eigenvalue weighted by Gasteiger charge is -2.32. The third-order valence-corrected chi connectivity index (χ3v) is 6.87. The minimum Gasteiger partial charge on any atom is -0.343 e. The summed E-state index contributed by atoms with van der Waals surface area (Å²) < 4.78 is 52.1. The van der Waals surface area contributed by atoms with E-state index in [1.807, 2.05) is 5.38 Å². The summed E-state index contributed by atoms with van der Waals surface area (Å²) in [5, 5.41) is 2.80. The summed E-state index contributed by atoms with van der Waals surface area (Å²) in [6.45, 7) is 1.87. The van der Waals surface area contributed by atoms with Crippen LogP contribution in [0.1, 0.15) is 54.5 Å². The van der Waals surface area contributed by atoms with Crippen molar-refractivity contribution >= 4 is 22.9 Å². The fourth-order valence-electron chi connectivity index (χ4n) is 3.82. The van der Waals surface area contributed by atoms with Crippen molar-refractivity contribution in [1.29, 1.82) is 0 Å². The summed E-state index contributed by atoms with van der Waals surface area (Å²) in [5.41, 5.74) is 4.60. The summed E-state index contributed by atoms with van der Waals surface area (Å²) in [4.78, 5) is 23.9. The molecular formula is C22H23F4N3O2S. The molecule has 0 bridgehead atoms. The number of carbonyl (C=O) groups excluding carboxylic acids is 1. The van der Waals surface area contributed by atoms with Crippen molar-refractivity contribution in [2.24, 2.45) is 5.92 Å². The monoisotopic (exact) mass is 469 g/mol. The number of carbonyl (C=O) groups is 1. The molecule has 32 heavy (non-hydrogen) atoms. The lowest BCUT2D eigenvalue weighted by Crippen LogP contribution is -2.39. The van der Waals surface area contributed by atoms with E-state index in [2.05, 4.69) is 10.5 Å². The number of rotatable bonds is 5. The molecular weight excluding hydrogens is 446 g/mol. The van der Waals surface area contributed by atoms with Gasteiger partial charge >= 0.3 is 6.18 Å². The molecule has 1 amide bonds. The number of hydrogen-bond donors (Lipinski definition) is 1.